The van der Waals surface area contributed by atoms with Crippen LogP contribution < -0.4 is 10.5 Å². The number of hydrogen-bond acceptors (Lipinski definition) is 7. The van der Waals surface area contributed by atoms with Crippen molar-refractivity contribution >= 4 is 22.8 Å². The number of benzene rings is 2. The van der Waals surface area contributed by atoms with E-state index in [0.717, 1.165) is 60.6 Å². The summed E-state index contributed by atoms with van der Waals surface area (Å²) in [6, 6.07) is 17.4. The number of nitrogen functional groups attached to an aromatic ring is 1. The summed E-state index contributed by atoms with van der Waals surface area (Å²) in [5.74, 6) is 1.91. The Balaban J connectivity index is 1.40. The molecule has 4 aromatic rings. The maximum absolute atomic E-state index is 12.9. The Kier molecular flexibility index (Phi) is 7.65. The lowest BCUT2D eigenvalue weighted by molar-refractivity contribution is -0.127. The first-order chi connectivity index (χ1) is 18.5. The number of aromatic nitrogens is 4. The van der Waals surface area contributed by atoms with Crippen LogP contribution in [-0.2, 0) is 4.79 Å². The lowest BCUT2D eigenvalue weighted by Crippen LogP contribution is -2.40. The normalized spacial score (nSPS) is 16.0. The molecule has 2 N–H and O–H groups in total. The number of anilines is 1. The summed E-state index contributed by atoms with van der Waals surface area (Å²) in [5.41, 5.74) is 8.62. The molecule has 1 atom stereocenters. The van der Waals surface area contributed by atoms with Crippen molar-refractivity contribution in [2.45, 2.75) is 25.8 Å². The van der Waals surface area contributed by atoms with Crippen LogP contribution in [0.25, 0.3) is 22.3 Å². The second kappa shape index (κ2) is 11.4. The first-order valence-corrected chi connectivity index (χ1v) is 13.0. The summed E-state index contributed by atoms with van der Waals surface area (Å²) < 4.78 is 7.86. The van der Waals surface area contributed by atoms with E-state index in [1.165, 1.54) is 6.33 Å². The van der Waals surface area contributed by atoms with E-state index in [4.69, 9.17) is 15.6 Å². The monoisotopic (exact) mass is 511 g/mol. The molecule has 1 aliphatic rings. The van der Waals surface area contributed by atoms with Gasteiger partial charge < -0.3 is 20.3 Å². The van der Waals surface area contributed by atoms with Crippen LogP contribution in [0.2, 0.25) is 0 Å². The van der Waals surface area contributed by atoms with Gasteiger partial charge in [-0.15, -0.1) is 0 Å². The standard InChI is InChI=1S/C29H33N7O2/c1-3-34(2)17-8-12-25(37)35-18-7-9-22(19-35)36-29-26(28(30)31-20-32-29)27(33-36)21-13-15-24(16-14-21)38-23-10-5-4-6-11-23/h4-6,8,10-16,20,22H,3,7,9,17-19H2,1-2H3,(H2,30,31,32)/b12-8+. The van der Waals surface area contributed by atoms with E-state index in [9.17, 15) is 4.79 Å². The van der Waals surface area contributed by atoms with Crippen molar-refractivity contribution in [2.75, 3.05) is 39.0 Å². The number of carbonyl (C=O) groups excluding carboxylic acids is 1. The van der Waals surface area contributed by atoms with Crippen LogP contribution in [-0.4, -0.2) is 68.7 Å². The predicted molar refractivity (Wildman–Crippen MR) is 149 cm³/mol. The quantitative estimate of drug-likeness (QED) is 0.347. The fourth-order valence-corrected chi connectivity index (χ4v) is 4.68. The van der Waals surface area contributed by atoms with Gasteiger partial charge in [0.05, 0.1) is 11.4 Å². The summed E-state index contributed by atoms with van der Waals surface area (Å²) >= 11 is 0. The lowest BCUT2D eigenvalue weighted by Gasteiger charge is -2.32. The Bertz CT molecular complexity index is 1420. The van der Waals surface area contributed by atoms with Crippen molar-refractivity contribution in [3.8, 4) is 22.8 Å². The molecule has 2 aromatic carbocycles. The predicted octanol–water partition coefficient (Wildman–Crippen LogP) is 4.54. The molecular formula is C29H33N7O2. The molecule has 1 amide bonds. The molecule has 9 heteroatoms. The van der Waals surface area contributed by atoms with Gasteiger partial charge in [-0.3, -0.25) is 4.79 Å². The third kappa shape index (κ3) is 5.52. The summed E-state index contributed by atoms with van der Waals surface area (Å²) in [6.45, 7) is 5.08. The minimum Gasteiger partial charge on any atom is -0.457 e. The lowest BCUT2D eigenvalue weighted by atomic mass is 10.1. The van der Waals surface area contributed by atoms with Crippen LogP contribution >= 0.6 is 0 Å². The number of likely N-dealkylation sites (tertiary alicyclic amines) is 1. The van der Waals surface area contributed by atoms with Crippen molar-refractivity contribution < 1.29 is 9.53 Å². The molecule has 0 bridgehead atoms. The topological polar surface area (TPSA) is 102 Å². The number of piperidine rings is 1. The van der Waals surface area contributed by atoms with Gasteiger partial charge in [0.1, 0.15) is 29.3 Å². The average Bonchev–Trinajstić information content (AvgIpc) is 3.35. The summed E-state index contributed by atoms with van der Waals surface area (Å²) in [7, 11) is 2.03. The molecule has 1 saturated heterocycles. The third-order valence-electron chi connectivity index (χ3n) is 6.90. The smallest absolute Gasteiger partial charge is 0.246 e. The number of amides is 1. The highest BCUT2D eigenvalue weighted by Gasteiger charge is 2.28. The van der Waals surface area contributed by atoms with E-state index in [0.29, 0.717) is 18.0 Å². The van der Waals surface area contributed by atoms with Gasteiger partial charge in [-0.2, -0.15) is 5.10 Å². The van der Waals surface area contributed by atoms with Crippen LogP contribution in [0, 0.1) is 0 Å². The van der Waals surface area contributed by atoms with Crippen molar-refractivity contribution in [2.24, 2.45) is 0 Å². The molecule has 1 fully saturated rings. The van der Waals surface area contributed by atoms with Crippen LogP contribution in [0.4, 0.5) is 5.82 Å². The van der Waals surface area contributed by atoms with Gasteiger partial charge in [0.15, 0.2) is 5.65 Å². The molecule has 1 unspecified atom stereocenters. The Morgan fingerprint density at radius 1 is 1.13 bits per heavy atom. The molecule has 0 aliphatic carbocycles. The van der Waals surface area contributed by atoms with Crippen LogP contribution in [0.3, 0.4) is 0 Å². The van der Waals surface area contributed by atoms with Crippen molar-refractivity contribution in [3.63, 3.8) is 0 Å². The van der Waals surface area contributed by atoms with Gasteiger partial charge in [0, 0.05) is 31.3 Å². The molecule has 2 aromatic heterocycles. The Labute approximate surface area is 222 Å². The molecular weight excluding hydrogens is 478 g/mol. The molecule has 3 heterocycles. The van der Waals surface area contributed by atoms with E-state index < -0.39 is 0 Å². The zero-order chi connectivity index (χ0) is 26.5. The Hall–Kier alpha value is -4.24. The zero-order valence-electron chi connectivity index (χ0n) is 21.8. The molecule has 0 spiro atoms. The van der Waals surface area contributed by atoms with Gasteiger partial charge in [-0.25, -0.2) is 14.6 Å². The maximum Gasteiger partial charge on any atom is 0.246 e. The van der Waals surface area contributed by atoms with Gasteiger partial charge in [-0.05, 0) is 62.8 Å². The van der Waals surface area contributed by atoms with Gasteiger partial charge in [-0.1, -0.05) is 31.2 Å². The molecule has 0 radical (unpaired) electrons. The minimum atomic E-state index is -0.00866. The number of para-hydroxylation sites is 1. The van der Waals surface area contributed by atoms with E-state index in [-0.39, 0.29) is 11.9 Å². The Morgan fingerprint density at radius 3 is 2.66 bits per heavy atom. The average molecular weight is 512 g/mol. The van der Waals surface area contributed by atoms with Crippen molar-refractivity contribution in [1.82, 2.24) is 29.5 Å². The third-order valence-corrected chi connectivity index (χ3v) is 6.90. The summed E-state index contributed by atoms with van der Waals surface area (Å²) in [5, 5.41) is 5.70. The zero-order valence-corrected chi connectivity index (χ0v) is 21.8. The molecule has 38 heavy (non-hydrogen) atoms. The van der Waals surface area contributed by atoms with Gasteiger partial charge in [0.2, 0.25) is 5.91 Å². The minimum absolute atomic E-state index is 0.00866. The number of fused-ring (bicyclic) bond motifs is 1. The highest BCUT2D eigenvalue weighted by atomic mass is 16.5. The van der Waals surface area contributed by atoms with Crippen molar-refractivity contribution in [1.29, 1.82) is 0 Å². The first kappa shape index (κ1) is 25.4. The maximum atomic E-state index is 12.9. The number of hydrogen-bond donors (Lipinski definition) is 1. The van der Waals surface area contributed by atoms with Crippen LogP contribution in [0.5, 0.6) is 11.5 Å². The van der Waals surface area contributed by atoms with E-state index in [1.807, 2.05) is 77.3 Å². The molecule has 0 saturated carbocycles. The van der Waals surface area contributed by atoms with Crippen molar-refractivity contribution in [3.05, 3.63) is 73.1 Å². The number of likely N-dealkylation sites (N-methyl/N-ethyl adjacent to an activating group) is 1. The largest absolute Gasteiger partial charge is 0.457 e. The van der Waals surface area contributed by atoms with Gasteiger partial charge in [0.25, 0.3) is 0 Å². The number of carbonyl (C=O) groups is 1. The summed E-state index contributed by atoms with van der Waals surface area (Å²) in [4.78, 5) is 25.7. The molecule has 9 nitrogen and oxygen atoms in total. The second-order valence-electron chi connectivity index (χ2n) is 9.53. The Morgan fingerprint density at radius 2 is 1.89 bits per heavy atom. The van der Waals surface area contributed by atoms with E-state index >= 15 is 0 Å². The van der Waals surface area contributed by atoms with E-state index in [1.54, 1.807) is 6.08 Å². The number of nitrogens with zero attached hydrogens (tertiary/aromatic N) is 6. The number of nitrogens with two attached hydrogens (primary N) is 1. The highest BCUT2D eigenvalue weighted by molar-refractivity contribution is 5.98. The molecule has 196 valence electrons. The molecule has 1 aliphatic heterocycles. The second-order valence-corrected chi connectivity index (χ2v) is 9.53. The fraction of sp³-hybridized carbons (Fsp3) is 0.310. The first-order valence-electron chi connectivity index (χ1n) is 13.0. The van der Waals surface area contributed by atoms with Crippen LogP contribution in [0.1, 0.15) is 25.8 Å². The SMILES string of the molecule is CCN(C)C/C=C/C(=O)N1CCCC(n2nc(-c3ccc(Oc4ccccc4)cc3)c3c(N)ncnc32)C1. The molecule has 5 rings (SSSR count). The van der Waals surface area contributed by atoms with Crippen LogP contribution in [0.15, 0.2) is 73.1 Å². The van der Waals surface area contributed by atoms with Gasteiger partial charge >= 0.3 is 0 Å². The number of rotatable bonds is 8. The van der Waals surface area contributed by atoms with E-state index in [2.05, 4.69) is 21.8 Å². The summed E-state index contributed by atoms with van der Waals surface area (Å²) in [6.07, 6.45) is 6.86. The highest BCUT2D eigenvalue weighted by Crippen LogP contribution is 2.34. The number of ether oxygens (including phenoxy) is 1. The fourth-order valence-electron chi connectivity index (χ4n) is 4.68.